The van der Waals surface area contributed by atoms with Crippen LogP contribution in [0.2, 0.25) is 0 Å². The minimum Gasteiger partial charge on any atom is -0.497 e. The summed E-state index contributed by atoms with van der Waals surface area (Å²) >= 11 is 0. The molecule has 1 fully saturated rings. The Bertz CT molecular complexity index is 1010. The number of rotatable bonds is 7. The van der Waals surface area contributed by atoms with E-state index in [0.717, 1.165) is 24.5 Å². The molecule has 1 aliphatic rings. The zero-order chi connectivity index (χ0) is 23.4. The molecule has 0 saturated carbocycles. The maximum Gasteiger partial charge on any atom is 0.260 e. The van der Waals surface area contributed by atoms with Crippen LogP contribution in [0.1, 0.15) is 20.8 Å². The molecule has 2 aromatic carbocycles. The second kappa shape index (κ2) is 9.79. The van der Waals surface area contributed by atoms with Crippen molar-refractivity contribution in [1.29, 1.82) is 0 Å². The Morgan fingerprint density at radius 3 is 2.03 bits per heavy atom. The van der Waals surface area contributed by atoms with E-state index >= 15 is 0 Å². The van der Waals surface area contributed by atoms with Crippen LogP contribution in [0.5, 0.6) is 11.5 Å². The molecule has 174 valence electrons. The molecule has 1 heterocycles. The Labute approximate surface area is 190 Å². The van der Waals surface area contributed by atoms with Crippen molar-refractivity contribution in [3.05, 3.63) is 48.5 Å². The van der Waals surface area contributed by atoms with Crippen LogP contribution in [0.25, 0.3) is 0 Å². The van der Waals surface area contributed by atoms with Crippen LogP contribution in [0.3, 0.4) is 0 Å². The molecular formula is C23H31N3O5S. The first-order valence-corrected chi connectivity index (χ1v) is 12.0. The Balaban J connectivity index is 1.48. The van der Waals surface area contributed by atoms with Gasteiger partial charge >= 0.3 is 0 Å². The fraction of sp³-hybridized carbons (Fsp3) is 0.435. The molecule has 8 nitrogen and oxygen atoms in total. The number of benzene rings is 2. The van der Waals surface area contributed by atoms with E-state index < -0.39 is 15.6 Å². The van der Waals surface area contributed by atoms with Crippen LogP contribution in [0.4, 0.5) is 5.69 Å². The predicted octanol–water partition coefficient (Wildman–Crippen LogP) is 2.50. The first-order valence-electron chi connectivity index (χ1n) is 10.5. The van der Waals surface area contributed by atoms with E-state index in [0.29, 0.717) is 18.8 Å². The molecular weight excluding hydrogens is 430 g/mol. The van der Waals surface area contributed by atoms with Gasteiger partial charge in [-0.05, 0) is 69.3 Å². The average molecular weight is 462 g/mol. The van der Waals surface area contributed by atoms with E-state index in [-0.39, 0.29) is 17.4 Å². The molecule has 1 amide bonds. The van der Waals surface area contributed by atoms with Crippen molar-refractivity contribution in [2.24, 2.45) is 0 Å². The van der Waals surface area contributed by atoms with Crippen LogP contribution < -0.4 is 19.1 Å². The van der Waals surface area contributed by atoms with Gasteiger partial charge in [0.1, 0.15) is 11.5 Å². The quantitative estimate of drug-likeness (QED) is 0.682. The van der Waals surface area contributed by atoms with Crippen LogP contribution in [-0.4, -0.2) is 64.7 Å². The first-order chi connectivity index (χ1) is 15.1. The molecule has 0 bridgehead atoms. The largest absolute Gasteiger partial charge is 0.497 e. The van der Waals surface area contributed by atoms with Gasteiger partial charge in [0, 0.05) is 37.4 Å². The number of nitrogens with one attached hydrogen (secondary N) is 1. The number of anilines is 1. The lowest BCUT2D eigenvalue weighted by molar-refractivity contribution is -0.133. The number of hydrogen-bond acceptors (Lipinski definition) is 6. The summed E-state index contributed by atoms with van der Waals surface area (Å²) < 4.78 is 38.1. The molecule has 0 aliphatic carbocycles. The molecule has 0 spiro atoms. The summed E-state index contributed by atoms with van der Waals surface area (Å²) in [5.41, 5.74) is 0.530. The number of piperazine rings is 1. The SMILES string of the molecule is COc1ccc(N2CCN(C(=O)COc3ccc(S(=O)(=O)NC(C)(C)C)cc3)CC2)cc1. The number of nitrogens with zero attached hydrogens (tertiary/aromatic N) is 2. The van der Waals surface area contributed by atoms with Crippen molar-refractivity contribution in [3.8, 4) is 11.5 Å². The lowest BCUT2D eigenvalue weighted by Crippen LogP contribution is -2.50. The van der Waals surface area contributed by atoms with E-state index in [1.807, 2.05) is 24.3 Å². The summed E-state index contributed by atoms with van der Waals surface area (Å²) in [5.74, 6) is 1.17. The van der Waals surface area contributed by atoms with Crippen LogP contribution in [0, 0.1) is 0 Å². The Hall–Kier alpha value is -2.78. The number of sulfonamides is 1. The number of amides is 1. The highest BCUT2D eigenvalue weighted by Gasteiger charge is 2.23. The molecule has 1 saturated heterocycles. The van der Waals surface area contributed by atoms with Gasteiger partial charge in [-0.15, -0.1) is 0 Å². The molecule has 1 N–H and O–H groups in total. The summed E-state index contributed by atoms with van der Waals surface area (Å²) in [4.78, 5) is 16.7. The third-order valence-corrected chi connectivity index (χ3v) is 6.78. The Kier molecular flexibility index (Phi) is 7.30. The smallest absolute Gasteiger partial charge is 0.260 e. The lowest BCUT2D eigenvalue weighted by Gasteiger charge is -2.36. The van der Waals surface area contributed by atoms with Crippen molar-refractivity contribution in [1.82, 2.24) is 9.62 Å². The van der Waals surface area contributed by atoms with Crippen molar-refractivity contribution < 1.29 is 22.7 Å². The molecule has 32 heavy (non-hydrogen) atoms. The fourth-order valence-corrected chi connectivity index (χ4v) is 4.84. The van der Waals surface area contributed by atoms with Gasteiger partial charge in [0.2, 0.25) is 10.0 Å². The summed E-state index contributed by atoms with van der Waals surface area (Å²) in [6, 6.07) is 14.0. The fourth-order valence-electron chi connectivity index (χ4n) is 3.42. The Morgan fingerprint density at radius 2 is 1.50 bits per heavy atom. The van der Waals surface area contributed by atoms with E-state index in [4.69, 9.17) is 9.47 Å². The number of ether oxygens (including phenoxy) is 2. The summed E-state index contributed by atoms with van der Waals surface area (Å²) in [6.07, 6.45) is 0. The van der Waals surface area contributed by atoms with E-state index in [1.54, 1.807) is 44.9 Å². The van der Waals surface area contributed by atoms with E-state index in [1.165, 1.54) is 12.1 Å². The maximum absolute atomic E-state index is 12.5. The van der Waals surface area contributed by atoms with Gasteiger partial charge in [0.15, 0.2) is 6.61 Å². The summed E-state index contributed by atoms with van der Waals surface area (Å²) in [5, 5.41) is 0. The first kappa shape index (κ1) is 23.9. The number of hydrogen-bond donors (Lipinski definition) is 1. The molecule has 0 radical (unpaired) electrons. The molecule has 3 rings (SSSR count). The summed E-state index contributed by atoms with van der Waals surface area (Å²) in [7, 11) is -1.97. The average Bonchev–Trinajstić information content (AvgIpc) is 2.76. The third kappa shape index (κ3) is 6.37. The molecule has 1 aliphatic heterocycles. The highest BCUT2D eigenvalue weighted by atomic mass is 32.2. The van der Waals surface area contributed by atoms with Crippen LogP contribution in [-0.2, 0) is 14.8 Å². The topological polar surface area (TPSA) is 88.2 Å². The highest BCUT2D eigenvalue weighted by Crippen LogP contribution is 2.21. The predicted molar refractivity (Wildman–Crippen MR) is 124 cm³/mol. The van der Waals surface area contributed by atoms with Crippen molar-refractivity contribution in [3.63, 3.8) is 0 Å². The van der Waals surface area contributed by atoms with Crippen LogP contribution in [0.15, 0.2) is 53.4 Å². The number of carbonyl (C=O) groups excluding carboxylic acids is 1. The number of carbonyl (C=O) groups is 1. The molecule has 0 atom stereocenters. The van der Waals surface area contributed by atoms with E-state index in [9.17, 15) is 13.2 Å². The molecule has 2 aromatic rings. The summed E-state index contributed by atoms with van der Waals surface area (Å²) in [6.45, 7) is 7.97. The molecule has 0 aromatic heterocycles. The minimum atomic E-state index is -3.61. The van der Waals surface area contributed by atoms with Gasteiger partial charge in [0.05, 0.1) is 12.0 Å². The highest BCUT2D eigenvalue weighted by molar-refractivity contribution is 7.89. The Morgan fingerprint density at radius 1 is 0.938 bits per heavy atom. The van der Waals surface area contributed by atoms with Gasteiger partial charge in [-0.2, -0.15) is 0 Å². The monoisotopic (exact) mass is 461 g/mol. The molecule has 0 unspecified atom stereocenters. The van der Waals surface area contributed by atoms with Crippen molar-refractivity contribution in [2.75, 3.05) is 44.8 Å². The normalized spacial score (nSPS) is 14.9. The van der Waals surface area contributed by atoms with Gasteiger partial charge in [-0.1, -0.05) is 0 Å². The van der Waals surface area contributed by atoms with Gasteiger partial charge in [-0.3, -0.25) is 4.79 Å². The third-order valence-electron chi connectivity index (χ3n) is 5.01. The molecule has 9 heteroatoms. The lowest BCUT2D eigenvalue weighted by atomic mass is 10.1. The van der Waals surface area contributed by atoms with Gasteiger partial charge in [-0.25, -0.2) is 13.1 Å². The minimum absolute atomic E-state index is 0.0884. The standard InChI is InChI=1S/C23H31N3O5S/c1-23(2,3)24-32(28,29)21-11-9-20(10-12-21)31-17-22(27)26-15-13-25(14-16-26)18-5-7-19(30-4)8-6-18/h5-12,24H,13-17H2,1-4H3. The van der Waals surface area contributed by atoms with Gasteiger partial charge in [0.25, 0.3) is 5.91 Å². The zero-order valence-corrected chi connectivity index (χ0v) is 19.8. The second-order valence-electron chi connectivity index (χ2n) is 8.68. The van der Waals surface area contributed by atoms with Crippen molar-refractivity contribution in [2.45, 2.75) is 31.2 Å². The zero-order valence-electron chi connectivity index (χ0n) is 19.0. The van der Waals surface area contributed by atoms with Gasteiger partial charge < -0.3 is 19.3 Å². The number of methoxy groups -OCH3 is 1. The second-order valence-corrected chi connectivity index (χ2v) is 10.4. The van der Waals surface area contributed by atoms with Crippen LogP contribution >= 0.6 is 0 Å². The maximum atomic E-state index is 12.5. The van der Waals surface area contributed by atoms with Crippen molar-refractivity contribution >= 4 is 21.6 Å². The van der Waals surface area contributed by atoms with E-state index in [2.05, 4.69) is 9.62 Å².